The fourth-order valence-corrected chi connectivity index (χ4v) is 11.4. The maximum absolute atomic E-state index is 5.41. The summed E-state index contributed by atoms with van der Waals surface area (Å²) in [7, 11) is 2.16. The van der Waals surface area contributed by atoms with Gasteiger partial charge in [0, 0.05) is 13.9 Å². The van der Waals surface area contributed by atoms with Gasteiger partial charge in [-0.1, -0.05) is 128 Å². The van der Waals surface area contributed by atoms with Crippen molar-refractivity contribution >= 4 is 105 Å². The molecule has 2 nitrogen and oxygen atoms in total. The molecular formula is C41H27N2P. The van der Waals surface area contributed by atoms with Gasteiger partial charge in [0.1, 0.15) is 5.57 Å². The first-order valence-electron chi connectivity index (χ1n) is 15.1. The Labute approximate surface area is 254 Å². The third-order valence-corrected chi connectivity index (χ3v) is 13.4. The smallest absolute Gasteiger partial charge is 0.139 e. The molecule has 10 aromatic rings. The fraction of sp³-hybridized carbons (Fsp3) is 0.0244. The van der Waals surface area contributed by atoms with E-state index in [2.05, 4.69) is 145 Å². The van der Waals surface area contributed by atoms with Gasteiger partial charge in [0.05, 0.1) is 11.0 Å². The Morgan fingerprint density at radius 1 is 0.477 bits per heavy atom. The molecule has 0 aliphatic rings. The molecule has 1 heterocycles. The SMILES string of the molecule is C=P(c1ccc2ccc3cccc4ccc1c2c34)(c1ccc2ccc3cccc4ccc1c2c34)c1nc2ccccc2n1C. The molecule has 10 rings (SSSR count). The van der Waals surface area contributed by atoms with Gasteiger partial charge in [0.2, 0.25) is 0 Å². The van der Waals surface area contributed by atoms with Gasteiger partial charge in [0.25, 0.3) is 0 Å². The van der Waals surface area contributed by atoms with Gasteiger partial charge in [-0.2, -0.15) is 0 Å². The number of rotatable bonds is 3. The van der Waals surface area contributed by atoms with E-state index in [0.717, 1.165) is 16.6 Å². The molecule has 0 saturated carbocycles. The first-order chi connectivity index (χ1) is 21.6. The van der Waals surface area contributed by atoms with E-state index in [1.54, 1.807) is 0 Å². The van der Waals surface area contributed by atoms with Crippen molar-refractivity contribution in [2.45, 2.75) is 0 Å². The third-order valence-electron chi connectivity index (χ3n) is 9.94. The number of nitrogens with zero attached hydrogens (tertiary/aromatic N) is 2. The average Bonchev–Trinajstić information content (AvgIpc) is 3.42. The molecule has 0 aliphatic carbocycles. The molecular weight excluding hydrogens is 551 g/mol. The normalized spacial score (nSPS) is 12.8. The van der Waals surface area contributed by atoms with Crippen molar-refractivity contribution in [3.8, 4) is 0 Å². The van der Waals surface area contributed by atoms with Gasteiger partial charge in [-0.05, 0) is 87.4 Å². The molecule has 9 aromatic carbocycles. The minimum absolute atomic E-state index is 1.01. The summed E-state index contributed by atoms with van der Waals surface area (Å²) in [6.07, 6.45) is 5.33. The Kier molecular flexibility index (Phi) is 4.68. The van der Waals surface area contributed by atoms with Crippen LogP contribution in [-0.4, -0.2) is 15.9 Å². The first kappa shape index (κ1) is 24.3. The Balaban J connectivity index is 1.41. The number of para-hydroxylation sites is 2. The van der Waals surface area contributed by atoms with Crippen LogP contribution in [0.25, 0.3) is 75.7 Å². The maximum atomic E-state index is 5.41. The predicted molar refractivity (Wildman–Crippen MR) is 194 cm³/mol. The third kappa shape index (κ3) is 2.99. The van der Waals surface area contributed by atoms with Crippen LogP contribution in [0, 0.1) is 0 Å². The molecule has 0 atom stereocenters. The monoisotopic (exact) mass is 578 g/mol. The summed E-state index contributed by atoms with van der Waals surface area (Å²) in [4.78, 5) is 5.41. The molecule has 206 valence electrons. The van der Waals surface area contributed by atoms with E-state index in [1.807, 2.05) is 0 Å². The lowest BCUT2D eigenvalue weighted by Gasteiger charge is -2.29. The zero-order valence-electron chi connectivity index (χ0n) is 24.3. The number of aromatic nitrogens is 2. The number of imidazole rings is 1. The van der Waals surface area contributed by atoms with Crippen LogP contribution in [0.3, 0.4) is 0 Å². The second kappa shape index (κ2) is 8.47. The van der Waals surface area contributed by atoms with E-state index in [0.29, 0.717) is 0 Å². The molecule has 0 amide bonds. The Morgan fingerprint density at radius 2 is 0.909 bits per heavy atom. The largest absolute Gasteiger partial charge is 0.327 e. The number of hydrogen-bond acceptors (Lipinski definition) is 1. The van der Waals surface area contributed by atoms with Gasteiger partial charge in [-0.3, -0.25) is 0 Å². The molecule has 0 N–H and O–H groups in total. The summed E-state index contributed by atoms with van der Waals surface area (Å²) >= 11 is 0. The molecule has 44 heavy (non-hydrogen) atoms. The predicted octanol–water partition coefficient (Wildman–Crippen LogP) is 9.09. The molecule has 0 saturated heterocycles. The van der Waals surface area contributed by atoms with E-state index in [-0.39, 0.29) is 0 Å². The highest BCUT2D eigenvalue weighted by atomic mass is 31.2. The van der Waals surface area contributed by atoms with Crippen LogP contribution in [0.1, 0.15) is 0 Å². The standard InChI is InChI=1S/C41H27N2P/c1-43-34-12-4-3-11-33(34)42-41(43)44(2,35-23-19-29-15-13-25-7-5-9-27-17-21-31(35)39(29)37(25)27)36-24-20-30-16-14-26-8-6-10-28-18-22-32(36)40(30)38(26)28/h3-24H,2H2,1H3. The van der Waals surface area contributed by atoms with Gasteiger partial charge >= 0.3 is 0 Å². The highest BCUT2D eigenvalue weighted by Gasteiger charge is 2.32. The van der Waals surface area contributed by atoms with Crippen molar-refractivity contribution in [2.75, 3.05) is 0 Å². The minimum atomic E-state index is -2.55. The lowest BCUT2D eigenvalue weighted by atomic mass is 9.94. The van der Waals surface area contributed by atoms with Crippen molar-refractivity contribution in [1.29, 1.82) is 0 Å². The van der Waals surface area contributed by atoms with E-state index >= 15 is 0 Å². The number of aryl methyl sites for hydroxylation is 1. The van der Waals surface area contributed by atoms with Gasteiger partial charge in [0.15, 0.2) is 0 Å². The quantitative estimate of drug-likeness (QED) is 0.151. The van der Waals surface area contributed by atoms with Crippen LogP contribution in [0.2, 0.25) is 0 Å². The lowest BCUT2D eigenvalue weighted by Crippen LogP contribution is -2.32. The van der Waals surface area contributed by atoms with E-state index in [1.165, 1.54) is 75.2 Å². The van der Waals surface area contributed by atoms with E-state index in [4.69, 9.17) is 11.3 Å². The van der Waals surface area contributed by atoms with Crippen LogP contribution < -0.4 is 16.2 Å². The maximum Gasteiger partial charge on any atom is 0.139 e. The first-order valence-corrected chi connectivity index (χ1v) is 17.1. The van der Waals surface area contributed by atoms with Crippen LogP contribution in [0.5, 0.6) is 0 Å². The molecule has 0 radical (unpaired) electrons. The topological polar surface area (TPSA) is 17.8 Å². The van der Waals surface area contributed by atoms with Crippen molar-refractivity contribution in [3.05, 3.63) is 133 Å². The fourth-order valence-electron chi connectivity index (χ4n) is 7.93. The summed E-state index contributed by atoms with van der Waals surface area (Å²) in [5.41, 5.74) is 3.18. The van der Waals surface area contributed by atoms with Crippen LogP contribution in [0.15, 0.2) is 133 Å². The molecule has 0 unspecified atom stereocenters. The van der Waals surface area contributed by atoms with E-state index < -0.39 is 6.89 Å². The Hall–Kier alpha value is -5.17. The van der Waals surface area contributed by atoms with Gasteiger partial charge in [-0.15, -0.1) is 0 Å². The number of benzene rings is 9. The van der Waals surface area contributed by atoms with Crippen molar-refractivity contribution < 1.29 is 0 Å². The number of hydrogen-bond donors (Lipinski definition) is 0. The zero-order valence-corrected chi connectivity index (χ0v) is 25.1. The molecule has 3 heteroatoms. The molecule has 0 spiro atoms. The summed E-state index contributed by atoms with van der Waals surface area (Å²) in [6, 6.07) is 49.3. The summed E-state index contributed by atoms with van der Waals surface area (Å²) < 4.78 is 2.30. The molecule has 0 bridgehead atoms. The summed E-state index contributed by atoms with van der Waals surface area (Å²) in [5.74, 6) is 0. The lowest BCUT2D eigenvalue weighted by molar-refractivity contribution is 0.990. The highest BCUT2D eigenvalue weighted by molar-refractivity contribution is 7.93. The zero-order chi connectivity index (χ0) is 29.2. The summed E-state index contributed by atoms with van der Waals surface area (Å²) in [6.45, 7) is -2.55. The molecule has 0 fully saturated rings. The van der Waals surface area contributed by atoms with Gasteiger partial charge in [-0.25, -0.2) is 4.98 Å². The summed E-state index contributed by atoms with van der Waals surface area (Å²) in [5, 5.41) is 18.0. The highest BCUT2D eigenvalue weighted by Crippen LogP contribution is 2.49. The number of fused-ring (bicyclic) bond motifs is 1. The minimum Gasteiger partial charge on any atom is -0.327 e. The molecule has 1 aromatic heterocycles. The van der Waals surface area contributed by atoms with Crippen LogP contribution >= 0.6 is 6.89 Å². The van der Waals surface area contributed by atoms with Gasteiger partial charge < -0.3 is 4.57 Å². The Bertz CT molecular complexity index is 2640. The second-order valence-electron chi connectivity index (χ2n) is 12.2. The van der Waals surface area contributed by atoms with Crippen LogP contribution in [0.4, 0.5) is 0 Å². The average molecular weight is 579 g/mol. The van der Waals surface area contributed by atoms with E-state index in [9.17, 15) is 0 Å². The van der Waals surface area contributed by atoms with Crippen molar-refractivity contribution in [2.24, 2.45) is 7.05 Å². The van der Waals surface area contributed by atoms with Crippen molar-refractivity contribution in [1.82, 2.24) is 9.55 Å². The molecule has 0 aliphatic heterocycles. The Morgan fingerprint density at radius 3 is 1.41 bits per heavy atom. The van der Waals surface area contributed by atoms with Crippen LogP contribution in [-0.2, 0) is 7.05 Å². The second-order valence-corrected chi connectivity index (χ2v) is 15.1. The van der Waals surface area contributed by atoms with Crippen molar-refractivity contribution in [3.63, 3.8) is 0 Å².